The van der Waals surface area contributed by atoms with E-state index in [1.807, 2.05) is 31.6 Å². The molecule has 2 aromatic heterocycles. The van der Waals surface area contributed by atoms with E-state index in [1.165, 1.54) is 0 Å². The normalized spacial score (nSPS) is 11.0. The maximum Gasteiger partial charge on any atom is 0.0924 e. The first kappa shape index (κ1) is 11.9. The third kappa shape index (κ3) is 2.22. The molecule has 0 saturated heterocycles. The van der Waals surface area contributed by atoms with Gasteiger partial charge in [0.15, 0.2) is 0 Å². The first-order valence-electron chi connectivity index (χ1n) is 5.88. The number of aromatic amines is 1. The second kappa shape index (κ2) is 4.47. The predicted octanol–water partition coefficient (Wildman–Crippen LogP) is 1.79. The van der Waals surface area contributed by atoms with Gasteiger partial charge in [-0.3, -0.25) is 9.78 Å². The lowest BCUT2D eigenvalue weighted by Gasteiger charge is -1.99. The Kier molecular flexibility index (Phi) is 2.79. The molecule has 3 aromatic rings. The van der Waals surface area contributed by atoms with Crippen LogP contribution in [0.2, 0.25) is 0 Å². The lowest BCUT2D eigenvalue weighted by Crippen LogP contribution is -2.11. The summed E-state index contributed by atoms with van der Waals surface area (Å²) in [5.74, 6) is 0. The molecule has 96 valence electrons. The van der Waals surface area contributed by atoms with Crippen LogP contribution in [0.3, 0.4) is 0 Å². The van der Waals surface area contributed by atoms with Gasteiger partial charge in [-0.2, -0.15) is 10.2 Å². The summed E-state index contributed by atoms with van der Waals surface area (Å²) in [6.45, 7) is 0. The topological polar surface area (TPSA) is 72.5 Å². The van der Waals surface area contributed by atoms with Crippen molar-refractivity contribution in [1.82, 2.24) is 20.0 Å². The number of benzene rings is 1. The van der Waals surface area contributed by atoms with Gasteiger partial charge in [0.05, 0.1) is 16.7 Å². The zero-order valence-electron chi connectivity index (χ0n) is 10.4. The average Bonchev–Trinajstić information content (AvgIpc) is 2.95. The average molecular weight is 271 g/mol. The second-order valence-electron chi connectivity index (χ2n) is 4.48. The van der Waals surface area contributed by atoms with Crippen LogP contribution < -0.4 is 5.73 Å². The van der Waals surface area contributed by atoms with Crippen LogP contribution in [-0.4, -0.2) is 25.0 Å². The molecule has 3 rings (SSSR count). The van der Waals surface area contributed by atoms with Crippen LogP contribution in [0, 0.1) is 0 Å². The molecule has 0 amide bonds. The third-order valence-corrected chi connectivity index (χ3v) is 3.17. The molecule has 0 radical (unpaired) electrons. The number of aryl methyl sites for hydroxylation is 1. The van der Waals surface area contributed by atoms with Gasteiger partial charge >= 0.3 is 0 Å². The Hall–Kier alpha value is -2.21. The summed E-state index contributed by atoms with van der Waals surface area (Å²) in [7, 11) is 1.90. The van der Waals surface area contributed by atoms with Crippen molar-refractivity contribution >= 4 is 28.1 Å². The van der Waals surface area contributed by atoms with E-state index in [2.05, 4.69) is 21.4 Å². The van der Waals surface area contributed by atoms with E-state index in [1.54, 1.807) is 4.68 Å². The van der Waals surface area contributed by atoms with Crippen LogP contribution in [0.15, 0.2) is 30.6 Å². The minimum Gasteiger partial charge on any atom is -0.393 e. The zero-order valence-corrected chi connectivity index (χ0v) is 11.2. The van der Waals surface area contributed by atoms with Crippen LogP contribution >= 0.6 is 12.2 Å². The molecule has 0 atom stereocenters. The quantitative estimate of drug-likeness (QED) is 0.712. The van der Waals surface area contributed by atoms with Crippen LogP contribution in [0.5, 0.6) is 0 Å². The Morgan fingerprint density at radius 1 is 1.42 bits per heavy atom. The minimum atomic E-state index is 0.456. The number of hydrogen-bond acceptors (Lipinski definition) is 3. The van der Waals surface area contributed by atoms with Crippen molar-refractivity contribution in [3.8, 4) is 11.1 Å². The molecule has 6 heteroatoms. The Balaban J connectivity index is 2.10. The second-order valence-corrected chi connectivity index (χ2v) is 5.00. The number of nitrogens with one attached hydrogen (secondary N) is 1. The van der Waals surface area contributed by atoms with E-state index in [4.69, 9.17) is 18.0 Å². The number of H-pyrrole nitrogens is 1. The highest BCUT2D eigenvalue weighted by molar-refractivity contribution is 7.80. The standard InChI is InChI=1S/C13H13N5S/c1-18-7-9(6-15-18)8-2-3-11-10(4-8)12(17-16-11)5-13(14)19/h2-4,6-7H,5H2,1H3,(H2,14,19)(H,16,17). The number of hydrogen-bond donors (Lipinski definition) is 2. The Labute approximate surface area is 115 Å². The SMILES string of the molecule is Cn1cc(-c2ccc3n[nH]c(CC(N)=S)c3c2)cn1. The summed E-state index contributed by atoms with van der Waals surface area (Å²) in [4.78, 5) is 0.456. The molecule has 0 aliphatic carbocycles. The first-order valence-corrected chi connectivity index (χ1v) is 6.28. The highest BCUT2D eigenvalue weighted by Crippen LogP contribution is 2.25. The number of nitrogens with two attached hydrogens (primary N) is 1. The van der Waals surface area contributed by atoms with E-state index < -0.39 is 0 Å². The van der Waals surface area contributed by atoms with Gasteiger partial charge in [0.2, 0.25) is 0 Å². The number of fused-ring (bicyclic) bond motifs is 1. The highest BCUT2D eigenvalue weighted by atomic mass is 32.1. The van der Waals surface area contributed by atoms with Gasteiger partial charge in [-0.15, -0.1) is 0 Å². The molecule has 3 N–H and O–H groups in total. The number of aromatic nitrogens is 4. The molecule has 0 aliphatic rings. The van der Waals surface area contributed by atoms with Gasteiger partial charge in [-0.05, 0) is 17.7 Å². The highest BCUT2D eigenvalue weighted by Gasteiger charge is 2.08. The Morgan fingerprint density at radius 2 is 2.26 bits per heavy atom. The van der Waals surface area contributed by atoms with Crippen LogP contribution in [-0.2, 0) is 13.5 Å². The molecule has 0 fully saturated rings. The molecule has 0 saturated carbocycles. The number of thiocarbonyl (C=S) groups is 1. The Morgan fingerprint density at radius 3 is 2.95 bits per heavy atom. The van der Waals surface area contributed by atoms with Crippen molar-refractivity contribution in [2.24, 2.45) is 12.8 Å². The molecule has 19 heavy (non-hydrogen) atoms. The fraction of sp³-hybridized carbons (Fsp3) is 0.154. The lowest BCUT2D eigenvalue weighted by atomic mass is 10.1. The lowest BCUT2D eigenvalue weighted by molar-refractivity contribution is 0.768. The maximum absolute atomic E-state index is 5.60. The van der Waals surface area contributed by atoms with Crippen LogP contribution in [0.25, 0.3) is 22.0 Å². The van der Waals surface area contributed by atoms with Gasteiger partial charge in [-0.1, -0.05) is 18.3 Å². The summed E-state index contributed by atoms with van der Waals surface area (Å²) < 4.78 is 1.78. The zero-order chi connectivity index (χ0) is 13.4. The van der Waals surface area contributed by atoms with E-state index in [0.29, 0.717) is 11.4 Å². The van der Waals surface area contributed by atoms with E-state index in [0.717, 1.165) is 27.7 Å². The smallest absolute Gasteiger partial charge is 0.0924 e. The van der Waals surface area contributed by atoms with Crippen molar-refractivity contribution in [1.29, 1.82) is 0 Å². The molecule has 5 nitrogen and oxygen atoms in total. The molecule has 0 spiro atoms. The molecular weight excluding hydrogens is 258 g/mol. The molecule has 0 aliphatic heterocycles. The van der Waals surface area contributed by atoms with Crippen LogP contribution in [0.4, 0.5) is 0 Å². The summed E-state index contributed by atoms with van der Waals surface area (Å²) in [6, 6.07) is 6.10. The van der Waals surface area contributed by atoms with Crippen LogP contribution in [0.1, 0.15) is 5.69 Å². The van der Waals surface area contributed by atoms with E-state index in [9.17, 15) is 0 Å². The van der Waals surface area contributed by atoms with Gasteiger partial charge in [0.1, 0.15) is 0 Å². The monoisotopic (exact) mass is 271 g/mol. The largest absolute Gasteiger partial charge is 0.393 e. The van der Waals surface area contributed by atoms with Gasteiger partial charge in [0, 0.05) is 36.3 Å². The Bertz CT molecular complexity index is 755. The summed E-state index contributed by atoms with van der Waals surface area (Å²) >= 11 is 4.95. The molecular formula is C13H13N5S. The van der Waals surface area contributed by atoms with E-state index in [-0.39, 0.29) is 0 Å². The molecule has 0 bridgehead atoms. The van der Waals surface area contributed by atoms with Gasteiger partial charge < -0.3 is 5.73 Å². The fourth-order valence-electron chi connectivity index (χ4n) is 2.12. The number of rotatable bonds is 3. The number of nitrogens with zero attached hydrogens (tertiary/aromatic N) is 3. The molecule has 0 unspecified atom stereocenters. The fourth-order valence-corrected chi connectivity index (χ4v) is 2.27. The maximum atomic E-state index is 5.60. The van der Waals surface area contributed by atoms with Crippen molar-refractivity contribution in [3.05, 3.63) is 36.3 Å². The molecule has 2 heterocycles. The van der Waals surface area contributed by atoms with Crippen molar-refractivity contribution in [2.45, 2.75) is 6.42 Å². The minimum absolute atomic E-state index is 0.456. The van der Waals surface area contributed by atoms with Crippen molar-refractivity contribution < 1.29 is 0 Å². The first-order chi connectivity index (χ1) is 9.13. The third-order valence-electron chi connectivity index (χ3n) is 3.02. The predicted molar refractivity (Wildman–Crippen MR) is 78.8 cm³/mol. The summed E-state index contributed by atoms with van der Waals surface area (Å²) in [5, 5.41) is 12.5. The van der Waals surface area contributed by atoms with Crippen molar-refractivity contribution in [3.63, 3.8) is 0 Å². The van der Waals surface area contributed by atoms with E-state index >= 15 is 0 Å². The van der Waals surface area contributed by atoms with Gasteiger partial charge in [-0.25, -0.2) is 0 Å². The van der Waals surface area contributed by atoms with Crippen molar-refractivity contribution in [2.75, 3.05) is 0 Å². The summed E-state index contributed by atoms with van der Waals surface area (Å²) in [5.41, 5.74) is 9.64. The van der Waals surface area contributed by atoms with Gasteiger partial charge in [0.25, 0.3) is 0 Å². The summed E-state index contributed by atoms with van der Waals surface area (Å²) in [6.07, 6.45) is 4.35. The molecule has 1 aromatic carbocycles.